The highest BCUT2D eigenvalue weighted by atomic mass is 32.2. The van der Waals surface area contributed by atoms with Crippen LogP contribution in [-0.4, -0.2) is 13.4 Å². The van der Waals surface area contributed by atoms with Gasteiger partial charge < -0.3 is 5.73 Å². The molecule has 1 aromatic carbocycles. The van der Waals surface area contributed by atoms with E-state index in [4.69, 9.17) is 5.73 Å². The van der Waals surface area contributed by atoms with Gasteiger partial charge in [0.2, 0.25) is 0 Å². The number of hydrogen-bond donors (Lipinski definition) is 2. The molecular formula is C14H13N3O2S2. The maximum atomic E-state index is 12.4. The smallest absolute Gasteiger partial charge is 0.271 e. The fourth-order valence-electron chi connectivity index (χ4n) is 2.04. The number of sulfonamides is 1. The number of aromatic nitrogens is 1. The standard InChI is InChI=1S/C14H13N3O2S2/c1-9-4-7-13(20-9)21(18,19)17-12-6-5-11(15)14-10(12)3-2-8-16-14/h2-8,17H,15H2,1H3. The zero-order chi connectivity index (χ0) is 15.0. The molecule has 0 bridgehead atoms. The molecule has 3 N–H and O–H groups in total. The first-order valence-electron chi connectivity index (χ1n) is 6.20. The topological polar surface area (TPSA) is 85.1 Å². The third-order valence-electron chi connectivity index (χ3n) is 3.03. The maximum absolute atomic E-state index is 12.4. The number of nitrogens with two attached hydrogens (primary N) is 1. The van der Waals surface area contributed by atoms with Crippen molar-refractivity contribution in [1.82, 2.24) is 4.98 Å². The van der Waals surface area contributed by atoms with Crippen molar-refractivity contribution in [3.8, 4) is 0 Å². The maximum Gasteiger partial charge on any atom is 0.271 e. The number of nitrogen functional groups attached to an aromatic ring is 1. The first-order chi connectivity index (χ1) is 9.97. The van der Waals surface area contributed by atoms with Crippen molar-refractivity contribution in [2.24, 2.45) is 0 Å². The average molecular weight is 319 g/mol. The molecule has 0 aliphatic rings. The fraction of sp³-hybridized carbons (Fsp3) is 0.0714. The molecule has 2 aromatic heterocycles. The van der Waals surface area contributed by atoms with Crippen LogP contribution in [0.4, 0.5) is 11.4 Å². The van der Waals surface area contributed by atoms with E-state index in [1.165, 1.54) is 11.3 Å². The molecule has 7 heteroatoms. The second-order valence-electron chi connectivity index (χ2n) is 4.57. The monoisotopic (exact) mass is 319 g/mol. The summed E-state index contributed by atoms with van der Waals surface area (Å²) in [6, 6.07) is 10.2. The van der Waals surface area contributed by atoms with E-state index in [9.17, 15) is 8.42 Å². The van der Waals surface area contributed by atoms with Gasteiger partial charge in [0.1, 0.15) is 4.21 Å². The van der Waals surface area contributed by atoms with Crippen molar-refractivity contribution in [2.45, 2.75) is 11.1 Å². The minimum atomic E-state index is -3.60. The summed E-state index contributed by atoms with van der Waals surface area (Å²) >= 11 is 1.23. The van der Waals surface area contributed by atoms with Gasteiger partial charge in [-0.1, -0.05) is 0 Å². The van der Waals surface area contributed by atoms with Crippen molar-refractivity contribution in [2.75, 3.05) is 10.5 Å². The van der Waals surface area contributed by atoms with Crippen molar-refractivity contribution in [1.29, 1.82) is 0 Å². The normalized spacial score (nSPS) is 11.7. The Kier molecular flexibility index (Phi) is 3.30. The van der Waals surface area contributed by atoms with Gasteiger partial charge in [0.15, 0.2) is 0 Å². The minimum absolute atomic E-state index is 0.286. The van der Waals surface area contributed by atoms with Crippen molar-refractivity contribution in [3.63, 3.8) is 0 Å². The lowest BCUT2D eigenvalue weighted by Gasteiger charge is -2.10. The summed E-state index contributed by atoms with van der Waals surface area (Å²) in [5.74, 6) is 0. The van der Waals surface area contributed by atoms with Crippen LogP contribution < -0.4 is 10.5 Å². The fourth-order valence-corrected chi connectivity index (χ4v) is 4.40. The molecule has 0 fully saturated rings. The summed E-state index contributed by atoms with van der Waals surface area (Å²) in [6.07, 6.45) is 1.62. The molecule has 21 heavy (non-hydrogen) atoms. The van der Waals surface area contributed by atoms with E-state index in [0.29, 0.717) is 22.3 Å². The largest absolute Gasteiger partial charge is 0.397 e. The lowest BCUT2D eigenvalue weighted by atomic mass is 10.1. The molecule has 5 nitrogen and oxygen atoms in total. The van der Waals surface area contributed by atoms with Gasteiger partial charge in [-0.25, -0.2) is 8.42 Å². The van der Waals surface area contributed by atoms with E-state index in [1.54, 1.807) is 42.6 Å². The van der Waals surface area contributed by atoms with E-state index in [-0.39, 0.29) is 4.21 Å². The Balaban J connectivity index is 2.08. The van der Waals surface area contributed by atoms with E-state index in [2.05, 4.69) is 9.71 Å². The van der Waals surface area contributed by atoms with Crippen LogP contribution in [0.25, 0.3) is 10.9 Å². The van der Waals surface area contributed by atoms with Gasteiger partial charge in [-0.2, -0.15) is 0 Å². The summed E-state index contributed by atoms with van der Waals surface area (Å²) in [6.45, 7) is 1.87. The average Bonchev–Trinajstić information content (AvgIpc) is 2.90. The Morgan fingerprint density at radius 2 is 2.00 bits per heavy atom. The summed E-state index contributed by atoms with van der Waals surface area (Å²) in [5.41, 5.74) is 7.43. The molecule has 0 aliphatic heterocycles. The molecule has 3 aromatic rings. The van der Waals surface area contributed by atoms with Gasteiger partial charge in [0, 0.05) is 16.5 Å². The molecule has 0 radical (unpaired) electrons. The number of rotatable bonds is 3. The van der Waals surface area contributed by atoms with E-state index < -0.39 is 10.0 Å². The Hall–Kier alpha value is -2.12. The molecule has 3 rings (SSSR count). The van der Waals surface area contributed by atoms with Crippen LogP contribution in [0.15, 0.2) is 46.8 Å². The summed E-state index contributed by atoms with van der Waals surface area (Å²) < 4.78 is 27.7. The molecule has 0 saturated heterocycles. The number of fused-ring (bicyclic) bond motifs is 1. The molecule has 0 unspecified atom stereocenters. The third kappa shape index (κ3) is 2.57. The highest BCUT2D eigenvalue weighted by Gasteiger charge is 2.18. The molecule has 108 valence electrons. The van der Waals surface area contributed by atoms with Crippen LogP contribution in [0.1, 0.15) is 4.88 Å². The summed E-state index contributed by atoms with van der Waals surface area (Å²) in [7, 11) is -3.60. The number of anilines is 2. The molecule has 0 spiro atoms. The Bertz CT molecular complexity index is 917. The van der Waals surface area contributed by atoms with Crippen LogP contribution in [-0.2, 0) is 10.0 Å². The quantitative estimate of drug-likeness (QED) is 0.727. The first kappa shape index (κ1) is 13.8. The number of nitrogens with one attached hydrogen (secondary N) is 1. The SMILES string of the molecule is Cc1ccc(S(=O)(=O)Nc2ccc(N)c3ncccc23)s1. The van der Waals surface area contributed by atoms with Crippen LogP contribution in [0.2, 0.25) is 0 Å². The molecule has 0 amide bonds. The van der Waals surface area contributed by atoms with Crippen molar-refractivity contribution >= 4 is 43.6 Å². The number of thiophene rings is 1. The third-order valence-corrected chi connectivity index (χ3v) is 5.88. The number of pyridine rings is 1. The summed E-state index contributed by atoms with van der Waals surface area (Å²) in [4.78, 5) is 5.13. The Labute approximate surface area is 126 Å². The number of benzene rings is 1. The number of nitrogens with zero attached hydrogens (tertiary/aromatic N) is 1. The van der Waals surface area contributed by atoms with Gasteiger partial charge >= 0.3 is 0 Å². The van der Waals surface area contributed by atoms with Crippen LogP contribution in [0.3, 0.4) is 0 Å². The Morgan fingerprint density at radius 1 is 1.19 bits per heavy atom. The molecule has 0 saturated carbocycles. The van der Waals surface area contributed by atoms with Crippen LogP contribution in [0, 0.1) is 6.92 Å². The van der Waals surface area contributed by atoms with Crippen molar-refractivity contribution in [3.05, 3.63) is 47.5 Å². The van der Waals surface area contributed by atoms with Gasteiger partial charge in [-0.05, 0) is 43.3 Å². The number of aryl methyl sites for hydroxylation is 1. The summed E-state index contributed by atoms with van der Waals surface area (Å²) in [5, 5.41) is 0.675. The van der Waals surface area contributed by atoms with Crippen molar-refractivity contribution < 1.29 is 8.42 Å². The van der Waals surface area contributed by atoms with Gasteiger partial charge in [-0.15, -0.1) is 11.3 Å². The first-order valence-corrected chi connectivity index (χ1v) is 8.50. The van der Waals surface area contributed by atoms with Gasteiger partial charge in [0.05, 0.1) is 16.9 Å². The van der Waals surface area contributed by atoms with E-state index in [1.807, 2.05) is 6.92 Å². The molecule has 2 heterocycles. The number of hydrogen-bond acceptors (Lipinski definition) is 5. The Morgan fingerprint density at radius 3 is 2.71 bits per heavy atom. The van der Waals surface area contributed by atoms with E-state index >= 15 is 0 Å². The van der Waals surface area contributed by atoms with Crippen LogP contribution in [0.5, 0.6) is 0 Å². The second kappa shape index (κ2) is 5.01. The van der Waals surface area contributed by atoms with E-state index in [0.717, 1.165) is 4.88 Å². The zero-order valence-electron chi connectivity index (χ0n) is 11.2. The predicted molar refractivity (Wildman–Crippen MR) is 86.0 cm³/mol. The lowest BCUT2D eigenvalue weighted by molar-refractivity contribution is 0.603. The molecule has 0 aliphatic carbocycles. The zero-order valence-corrected chi connectivity index (χ0v) is 12.8. The lowest BCUT2D eigenvalue weighted by Crippen LogP contribution is -2.12. The predicted octanol–water partition coefficient (Wildman–Crippen LogP) is 2.99. The second-order valence-corrected chi connectivity index (χ2v) is 7.77. The molecule has 0 atom stereocenters. The van der Waals surface area contributed by atoms with Gasteiger partial charge in [-0.3, -0.25) is 9.71 Å². The molecular weight excluding hydrogens is 306 g/mol. The van der Waals surface area contributed by atoms with Crippen LogP contribution >= 0.6 is 11.3 Å². The minimum Gasteiger partial charge on any atom is -0.397 e. The highest BCUT2D eigenvalue weighted by Crippen LogP contribution is 2.29. The highest BCUT2D eigenvalue weighted by molar-refractivity contribution is 7.94. The van der Waals surface area contributed by atoms with Gasteiger partial charge in [0.25, 0.3) is 10.0 Å².